The molecule has 0 atom stereocenters. The topological polar surface area (TPSA) is 87.6 Å². The Morgan fingerprint density at radius 1 is 1.86 bits per heavy atom. The first-order valence-electron chi connectivity index (χ1n) is 1.69. The molecule has 4 N–H and O–H groups in total. The molecule has 0 spiro atoms. The maximum atomic E-state index is 10.0. The van der Waals surface area contributed by atoms with Crippen LogP contribution in [0.1, 0.15) is 0 Å². The van der Waals surface area contributed by atoms with E-state index < -0.39 is 0 Å². The third-order valence-corrected chi connectivity index (χ3v) is 0.519. The number of H-pyrrole nitrogens is 2. The van der Waals surface area contributed by atoms with Crippen LogP contribution in [0.4, 0.5) is 5.95 Å². The molecule has 0 aliphatic heterocycles. The molecule has 0 amide bonds. The van der Waals surface area contributed by atoms with E-state index in [9.17, 15) is 4.79 Å². The summed E-state index contributed by atoms with van der Waals surface area (Å²) in [6.45, 7) is 0. The van der Waals surface area contributed by atoms with Crippen LogP contribution < -0.4 is 11.4 Å². The number of anilines is 1. The summed E-state index contributed by atoms with van der Waals surface area (Å²) in [5.41, 5.74) is 4.60. The van der Waals surface area contributed by atoms with E-state index in [4.69, 9.17) is 5.73 Å². The lowest BCUT2D eigenvalue weighted by atomic mass is 11.4. The summed E-state index contributed by atoms with van der Waals surface area (Å²) in [7, 11) is 0. The van der Waals surface area contributed by atoms with Crippen LogP contribution >= 0.6 is 0 Å². The van der Waals surface area contributed by atoms with Crippen molar-refractivity contribution in [1.82, 2.24) is 15.2 Å². The van der Waals surface area contributed by atoms with Crippen molar-refractivity contribution >= 4 is 5.95 Å². The molecule has 0 saturated heterocycles. The van der Waals surface area contributed by atoms with Crippen LogP contribution in [0.2, 0.25) is 0 Å². The molecule has 0 aliphatic carbocycles. The second kappa shape index (κ2) is 1.11. The molecular formula is C2H4N4O. The Labute approximate surface area is 38.5 Å². The number of nitrogens with one attached hydrogen (secondary N) is 2. The van der Waals surface area contributed by atoms with E-state index in [1.807, 2.05) is 0 Å². The fourth-order valence-electron chi connectivity index (χ4n) is 0.283. The molecule has 38 valence electrons. The number of nitrogens with two attached hydrogens (primary N) is 1. The fourth-order valence-corrected chi connectivity index (χ4v) is 0.283. The van der Waals surface area contributed by atoms with Gasteiger partial charge in [0.15, 0.2) is 0 Å². The minimum absolute atomic E-state index is 0.116. The van der Waals surface area contributed by atoms with Gasteiger partial charge in [0.05, 0.1) is 0 Å². The van der Waals surface area contributed by atoms with Gasteiger partial charge in [0.1, 0.15) is 0 Å². The van der Waals surface area contributed by atoms with Crippen molar-refractivity contribution in [3.05, 3.63) is 10.5 Å². The standard InChI is InChI=1S/C2H4N4O/c3-1-4-2(7)6-5-1/h(H4,3,4,5,6,7)/i1+2. The summed E-state index contributed by atoms with van der Waals surface area (Å²) >= 11 is 0. The molecule has 1 aromatic heterocycles. The number of hydrogen-bond donors (Lipinski definition) is 3. The number of aromatic nitrogens is 3. The molecule has 0 aliphatic rings. The second-order valence-electron chi connectivity index (χ2n) is 1.06. The van der Waals surface area contributed by atoms with E-state index in [0.29, 0.717) is 0 Å². The van der Waals surface area contributed by atoms with Crippen LogP contribution in [-0.4, -0.2) is 15.2 Å². The summed E-state index contributed by atoms with van der Waals surface area (Å²) in [5, 5.41) is 5.38. The molecule has 0 aromatic carbocycles. The van der Waals surface area contributed by atoms with E-state index >= 15 is 0 Å². The van der Waals surface area contributed by atoms with Crippen molar-refractivity contribution in [1.29, 1.82) is 0 Å². The third kappa shape index (κ3) is 0.594. The summed E-state index contributed by atoms with van der Waals surface area (Å²) in [4.78, 5) is 12.2. The molecule has 5 heteroatoms. The molecular weight excluding hydrogens is 98.0 g/mol. The van der Waals surface area contributed by atoms with E-state index in [1.54, 1.807) is 0 Å². The van der Waals surface area contributed by atoms with Crippen molar-refractivity contribution in [3.63, 3.8) is 0 Å². The molecule has 5 nitrogen and oxygen atoms in total. The number of hydrogen-bond acceptors (Lipinski definition) is 3. The predicted molar refractivity (Wildman–Crippen MR) is 23.6 cm³/mol. The summed E-state index contributed by atoms with van der Waals surface area (Å²) in [5.74, 6) is 0.116. The first-order valence-corrected chi connectivity index (χ1v) is 1.69. The highest BCUT2D eigenvalue weighted by Crippen LogP contribution is 1.71. The molecule has 7 heavy (non-hydrogen) atoms. The molecule has 0 saturated carbocycles. The van der Waals surface area contributed by atoms with Crippen molar-refractivity contribution in [3.8, 4) is 0 Å². The van der Waals surface area contributed by atoms with E-state index in [-0.39, 0.29) is 11.6 Å². The Kier molecular flexibility index (Phi) is 0.619. The lowest BCUT2D eigenvalue weighted by Crippen LogP contribution is -2.00. The summed E-state index contributed by atoms with van der Waals surface area (Å²) in [6, 6.07) is 0. The van der Waals surface area contributed by atoms with Gasteiger partial charge in [-0.2, -0.15) is 0 Å². The van der Waals surface area contributed by atoms with Gasteiger partial charge in [-0.3, -0.25) is 4.98 Å². The van der Waals surface area contributed by atoms with Crippen molar-refractivity contribution in [2.45, 2.75) is 0 Å². The van der Waals surface area contributed by atoms with Crippen molar-refractivity contribution < 1.29 is 0 Å². The second-order valence-corrected chi connectivity index (χ2v) is 1.06. The van der Waals surface area contributed by atoms with Crippen LogP contribution in [0.25, 0.3) is 0 Å². The number of rotatable bonds is 0. The number of nitrogens with zero attached hydrogens (tertiary/aromatic N) is 1. The lowest BCUT2D eigenvalue weighted by Gasteiger charge is -1.67. The zero-order chi connectivity index (χ0) is 5.28. The van der Waals surface area contributed by atoms with Crippen LogP contribution in [0, 0.1) is 0 Å². The van der Waals surface area contributed by atoms with E-state index in [1.165, 1.54) is 0 Å². The Hall–Kier alpha value is -1.26. The van der Waals surface area contributed by atoms with Crippen molar-refractivity contribution in [2.24, 2.45) is 0 Å². The zero-order valence-corrected chi connectivity index (χ0v) is 3.43. The maximum Gasteiger partial charge on any atom is 0.342 e. The predicted octanol–water partition coefficient (Wildman–Crippen LogP) is -1.32. The maximum absolute atomic E-state index is 10.0. The SMILES string of the molecule is N[14c]1n[nH]c(=O)[nH]1. The highest BCUT2D eigenvalue weighted by Gasteiger charge is 1.83. The largest absolute Gasteiger partial charge is 0.368 e. The van der Waals surface area contributed by atoms with Crippen LogP contribution in [0.3, 0.4) is 0 Å². The van der Waals surface area contributed by atoms with Crippen LogP contribution in [0.5, 0.6) is 0 Å². The van der Waals surface area contributed by atoms with Gasteiger partial charge in [0.2, 0.25) is 5.95 Å². The van der Waals surface area contributed by atoms with Gasteiger partial charge in [-0.15, -0.1) is 5.10 Å². The Bertz CT molecular complexity index is 197. The molecule has 0 radical (unpaired) electrons. The third-order valence-electron chi connectivity index (χ3n) is 0.519. The minimum Gasteiger partial charge on any atom is -0.368 e. The van der Waals surface area contributed by atoms with Gasteiger partial charge in [-0.05, 0) is 0 Å². The molecule has 0 bridgehead atoms. The average molecular weight is 102 g/mol. The highest BCUT2D eigenvalue weighted by molar-refractivity contribution is 5.08. The smallest absolute Gasteiger partial charge is 0.342 e. The van der Waals surface area contributed by atoms with Gasteiger partial charge in [0.25, 0.3) is 0 Å². The van der Waals surface area contributed by atoms with E-state index in [2.05, 4.69) is 15.2 Å². The summed E-state index contributed by atoms with van der Waals surface area (Å²) in [6.07, 6.45) is 0. The fraction of sp³-hybridized carbons (Fsp3) is 0. The first-order chi connectivity index (χ1) is 3.29. The Morgan fingerprint density at radius 3 is 2.71 bits per heavy atom. The summed E-state index contributed by atoms with van der Waals surface area (Å²) < 4.78 is 0. The average Bonchev–Trinajstić information content (AvgIpc) is 1.87. The normalized spacial score (nSPS) is 9.14. The lowest BCUT2D eigenvalue weighted by molar-refractivity contribution is 1.05. The number of nitrogen functional groups attached to an aromatic ring is 1. The van der Waals surface area contributed by atoms with Gasteiger partial charge in [-0.1, -0.05) is 0 Å². The number of aromatic amines is 2. The molecule has 1 heterocycles. The highest BCUT2D eigenvalue weighted by atomic mass is 16.2. The monoisotopic (exact) mass is 102 g/mol. The molecule has 1 rings (SSSR count). The first kappa shape index (κ1) is 3.91. The van der Waals surface area contributed by atoms with E-state index in [0.717, 1.165) is 0 Å². The Balaban J connectivity index is 3.30. The van der Waals surface area contributed by atoms with Crippen LogP contribution in [0.15, 0.2) is 4.79 Å². The molecule has 0 fully saturated rings. The van der Waals surface area contributed by atoms with Gasteiger partial charge in [0, 0.05) is 0 Å². The van der Waals surface area contributed by atoms with Gasteiger partial charge < -0.3 is 5.73 Å². The van der Waals surface area contributed by atoms with Gasteiger partial charge >= 0.3 is 5.69 Å². The van der Waals surface area contributed by atoms with Crippen molar-refractivity contribution in [2.75, 3.05) is 5.73 Å². The molecule has 1 aromatic rings. The zero-order valence-electron chi connectivity index (χ0n) is 3.43. The minimum atomic E-state index is -0.377. The molecule has 0 unspecified atom stereocenters. The quantitative estimate of drug-likeness (QED) is 0.379. The Morgan fingerprint density at radius 2 is 2.57 bits per heavy atom. The van der Waals surface area contributed by atoms with Gasteiger partial charge in [-0.25, -0.2) is 9.89 Å². The van der Waals surface area contributed by atoms with Crippen LogP contribution in [-0.2, 0) is 0 Å².